The Morgan fingerprint density at radius 3 is 2.74 bits per heavy atom. The molecule has 27 heavy (non-hydrogen) atoms. The van der Waals surface area contributed by atoms with Crippen molar-refractivity contribution in [2.45, 2.75) is 26.8 Å². The Labute approximate surface area is 159 Å². The van der Waals surface area contributed by atoms with Crippen molar-refractivity contribution in [1.82, 2.24) is 10.6 Å². The third-order valence-electron chi connectivity index (χ3n) is 3.59. The molecule has 0 aliphatic rings. The minimum absolute atomic E-state index is 0.233. The molecule has 3 N–H and O–H groups in total. The van der Waals surface area contributed by atoms with E-state index in [-0.39, 0.29) is 17.7 Å². The van der Waals surface area contributed by atoms with Gasteiger partial charge >= 0.3 is 6.03 Å². The molecule has 7 heteroatoms. The van der Waals surface area contributed by atoms with Gasteiger partial charge in [0.05, 0.1) is 6.26 Å². The van der Waals surface area contributed by atoms with Gasteiger partial charge in [-0.25, -0.2) is 4.79 Å². The number of ether oxygens (including phenoxy) is 1. The van der Waals surface area contributed by atoms with Crippen LogP contribution in [0, 0.1) is 5.92 Å². The second kappa shape index (κ2) is 11.0. The van der Waals surface area contributed by atoms with Crippen molar-refractivity contribution >= 4 is 17.6 Å². The molecule has 7 nitrogen and oxygen atoms in total. The summed E-state index contributed by atoms with van der Waals surface area (Å²) < 4.78 is 10.5. The Hall–Kier alpha value is -2.80. The summed E-state index contributed by atoms with van der Waals surface area (Å²) in [6.45, 7) is 6.49. The number of urea groups is 1. The molecular weight excluding hydrogens is 346 g/mol. The molecule has 0 atom stereocenters. The van der Waals surface area contributed by atoms with Gasteiger partial charge in [-0.2, -0.15) is 0 Å². The van der Waals surface area contributed by atoms with Crippen LogP contribution < -0.4 is 16.0 Å². The van der Waals surface area contributed by atoms with Crippen molar-refractivity contribution in [3.05, 3.63) is 54.0 Å². The highest BCUT2D eigenvalue weighted by Gasteiger charge is 2.09. The molecule has 0 aliphatic heterocycles. The van der Waals surface area contributed by atoms with E-state index in [4.69, 9.17) is 9.15 Å². The number of anilines is 1. The van der Waals surface area contributed by atoms with Gasteiger partial charge in [-0.1, -0.05) is 26.0 Å². The summed E-state index contributed by atoms with van der Waals surface area (Å²) in [7, 11) is 0. The molecular formula is C20H27N3O4. The lowest BCUT2D eigenvalue weighted by molar-refractivity contribution is 0.0996. The predicted octanol–water partition coefficient (Wildman–Crippen LogP) is 3.39. The van der Waals surface area contributed by atoms with Gasteiger partial charge in [0.1, 0.15) is 0 Å². The number of hydrogen-bond donors (Lipinski definition) is 3. The average Bonchev–Trinajstić information content (AvgIpc) is 3.18. The molecule has 0 spiro atoms. The first-order chi connectivity index (χ1) is 13.0. The second-order valence-corrected chi connectivity index (χ2v) is 6.56. The number of carbonyl (C=O) groups excluding carboxylic acids is 2. The van der Waals surface area contributed by atoms with Crippen molar-refractivity contribution < 1.29 is 18.7 Å². The lowest BCUT2D eigenvalue weighted by Gasteiger charge is -2.10. The molecule has 3 amide bonds. The molecule has 0 bridgehead atoms. The fraction of sp³-hybridized carbons (Fsp3) is 0.400. The molecule has 0 unspecified atom stereocenters. The number of carbonyl (C=O) groups is 2. The van der Waals surface area contributed by atoms with E-state index in [0.717, 1.165) is 18.6 Å². The minimum atomic E-state index is -0.317. The van der Waals surface area contributed by atoms with E-state index < -0.39 is 0 Å². The van der Waals surface area contributed by atoms with E-state index in [0.29, 0.717) is 31.3 Å². The fourth-order valence-corrected chi connectivity index (χ4v) is 2.30. The Balaban J connectivity index is 1.68. The number of amides is 3. The number of hydrogen-bond acceptors (Lipinski definition) is 4. The quantitative estimate of drug-likeness (QED) is 0.557. The van der Waals surface area contributed by atoms with E-state index in [1.807, 2.05) is 12.1 Å². The third-order valence-corrected chi connectivity index (χ3v) is 3.59. The summed E-state index contributed by atoms with van der Waals surface area (Å²) in [6, 6.07) is 10.3. The van der Waals surface area contributed by atoms with Crippen LogP contribution >= 0.6 is 0 Å². The molecule has 1 heterocycles. The van der Waals surface area contributed by atoms with Gasteiger partial charge < -0.3 is 25.1 Å². The van der Waals surface area contributed by atoms with Gasteiger partial charge in [0.25, 0.3) is 5.91 Å². The Kier molecular flexibility index (Phi) is 8.38. The lowest BCUT2D eigenvalue weighted by Crippen LogP contribution is -2.35. The van der Waals surface area contributed by atoms with Crippen LogP contribution in [0.3, 0.4) is 0 Å². The third kappa shape index (κ3) is 7.96. The highest BCUT2D eigenvalue weighted by atomic mass is 16.5. The van der Waals surface area contributed by atoms with E-state index in [1.165, 1.54) is 6.26 Å². The molecule has 0 saturated heterocycles. The summed E-state index contributed by atoms with van der Waals surface area (Å²) in [6.07, 6.45) is 2.22. The van der Waals surface area contributed by atoms with Gasteiger partial charge in [0.15, 0.2) is 5.76 Å². The van der Waals surface area contributed by atoms with Crippen LogP contribution in [-0.2, 0) is 11.3 Å². The van der Waals surface area contributed by atoms with Crippen LogP contribution in [0.1, 0.15) is 36.4 Å². The molecule has 0 radical (unpaired) electrons. The average molecular weight is 373 g/mol. The van der Waals surface area contributed by atoms with E-state index in [9.17, 15) is 9.59 Å². The maximum atomic E-state index is 12.0. The Morgan fingerprint density at radius 1 is 1.15 bits per heavy atom. The monoisotopic (exact) mass is 373 g/mol. The molecule has 146 valence electrons. The van der Waals surface area contributed by atoms with Gasteiger partial charge in [-0.05, 0) is 42.2 Å². The van der Waals surface area contributed by atoms with Gasteiger partial charge in [-0.15, -0.1) is 0 Å². The Bertz CT molecular complexity index is 714. The van der Waals surface area contributed by atoms with Gasteiger partial charge in [0.2, 0.25) is 0 Å². The molecule has 2 aromatic rings. The standard InChI is InChI=1S/C20H27N3O4/c1-15(2)14-26-10-5-9-21-20(25)22-13-16-6-3-7-17(12-16)23-19(24)18-8-4-11-27-18/h3-4,6-8,11-12,15H,5,9-10,13-14H2,1-2H3,(H,23,24)(H2,21,22,25). The SMILES string of the molecule is CC(C)COCCCNC(=O)NCc1cccc(NC(=O)c2ccco2)c1. The highest BCUT2D eigenvalue weighted by Crippen LogP contribution is 2.12. The van der Waals surface area contributed by atoms with Crippen LogP contribution in [0.15, 0.2) is 47.1 Å². The predicted molar refractivity (Wildman–Crippen MR) is 104 cm³/mol. The minimum Gasteiger partial charge on any atom is -0.459 e. The van der Waals surface area contributed by atoms with Gasteiger partial charge in [-0.3, -0.25) is 4.79 Å². The largest absolute Gasteiger partial charge is 0.459 e. The molecule has 0 fully saturated rings. The first-order valence-corrected chi connectivity index (χ1v) is 9.08. The zero-order chi connectivity index (χ0) is 19.5. The van der Waals surface area contributed by atoms with Crippen molar-refractivity contribution in [3.8, 4) is 0 Å². The zero-order valence-corrected chi connectivity index (χ0v) is 15.8. The molecule has 1 aromatic carbocycles. The van der Waals surface area contributed by atoms with E-state index >= 15 is 0 Å². The lowest BCUT2D eigenvalue weighted by atomic mass is 10.2. The summed E-state index contributed by atoms with van der Waals surface area (Å²) in [5.41, 5.74) is 1.51. The number of benzene rings is 1. The van der Waals surface area contributed by atoms with Crippen molar-refractivity contribution in [1.29, 1.82) is 0 Å². The van der Waals surface area contributed by atoms with Crippen LogP contribution in [0.5, 0.6) is 0 Å². The zero-order valence-electron chi connectivity index (χ0n) is 15.8. The Morgan fingerprint density at radius 2 is 2.00 bits per heavy atom. The van der Waals surface area contributed by atoms with Crippen LogP contribution in [0.25, 0.3) is 0 Å². The summed E-state index contributed by atoms with van der Waals surface area (Å²) in [5.74, 6) is 0.443. The van der Waals surface area contributed by atoms with Crippen molar-refractivity contribution in [3.63, 3.8) is 0 Å². The summed E-state index contributed by atoms with van der Waals surface area (Å²) in [5, 5.41) is 8.35. The molecule has 2 rings (SSSR count). The van der Waals surface area contributed by atoms with E-state index in [1.54, 1.807) is 24.3 Å². The van der Waals surface area contributed by atoms with Crippen LogP contribution in [0.2, 0.25) is 0 Å². The second-order valence-electron chi connectivity index (χ2n) is 6.56. The maximum absolute atomic E-state index is 12.0. The first-order valence-electron chi connectivity index (χ1n) is 9.08. The summed E-state index contributed by atoms with van der Waals surface area (Å²) >= 11 is 0. The molecule has 0 saturated carbocycles. The maximum Gasteiger partial charge on any atom is 0.315 e. The number of nitrogens with one attached hydrogen (secondary N) is 3. The number of furan rings is 1. The van der Waals surface area contributed by atoms with E-state index in [2.05, 4.69) is 29.8 Å². The van der Waals surface area contributed by atoms with Crippen molar-refractivity contribution in [2.24, 2.45) is 5.92 Å². The van der Waals surface area contributed by atoms with Gasteiger partial charge in [0, 0.05) is 32.0 Å². The first kappa shape index (κ1) is 20.5. The summed E-state index contributed by atoms with van der Waals surface area (Å²) in [4.78, 5) is 23.8. The topological polar surface area (TPSA) is 92.6 Å². The number of rotatable bonds is 10. The normalized spacial score (nSPS) is 10.6. The van der Waals surface area contributed by atoms with Crippen molar-refractivity contribution in [2.75, 3.05) is 25.1 Å². The molecule has 0 aliphatic carbocycles. The highest BCUT2D eigenvalue weighted by molar-refractivity contribution is 6.02. The van der Waals surface area contributed by atoms with Crippen LogP contribution in [0.4, 0.5) is 10.5 Å². The van der Waals surface area contributed by atoms with Crippen LogP contribution in [-0.4, -0.2) is 31.7 Å². The smallest absolute Gasteiger partial charge is 0.315 e. The molecule has 1 aromatic heterocycles. The fourth-order valence-electron chi connectivity index (χ4n) is 2.30.